The normalized spacial score (nSPS) is 13.1. The highest BCUT2D eigenvalue weighted by Gasteiger charge is 2.34. The van der Waals surface area contributed by atoms with Crippen molar-refractivity contribution in [2.45, 2.75) is 37.7 Å². The molecule has 200 valence electrons. The number of hydrogen-bond donors (Lipinski definition) is 1. The summed E-state index contributed by atoms with van der Waals surface area (Å²) >= 11 is 0. The van der Waals surface area contributed by atoms with Crippen molar-refractivity contribution in [3.8, 4) is 11.4 Å². The monoisotopic (exact) mass is 551 g/mol. The van der Waals surface area contributed by atoms with Crippen molar-refractivity contribution >= 4 is 26.9 Å². The maximum absolute atomic E-state index is 13.5. The average Bonchev–Trinajstić information content (AvgIpc) is 3.31. The second kappa shape index (κ2) is 10.5. The summed E-state index contributed by atoms with van der Waals surface area (Å²) in [5.41, 5.74) is 0.0186. The number of alkyl halides is 3. The molecule has 0 aliphatic heterocycles. The van der Waals surface area contributed by atoms with Crippen molar-refractivity contribution in [3.63, 3.8) is 0 Å². The molecular formula is C24H21F4N5O4S. The number of nitrogens with zero attached hydrogens (tertiary/aromatic N) is 4. The Balaban J connectivity index is 1.46. The second-order valence-electron chi connectivity index (χ2n) is 8.17. The van der Waals surface area contributed by atoms with Crippen LogP contribution in [0.5, 0.6) is 0 Å². The second-order valence-corrected chi connectivity index (χ2v) is 10.00. The fourth-order valence-electron chi connectivity index (χ4n) is 3.69. The first kappa shape index (κ1) is 27.1. The first-order valence-corrected chi connectivity index (χ1v) is 12.7. The molecule has 0 spiro atoms. The van der Waals surface area contributed by atoms with Crippen LogP contribution in [0.25, 0.3) is 22.4 Å². The SMILES string of the molecule is CCN([C@@H](C)C(=O)NCc1cc(-c2ccc(C(F)(F)F)cn2)ncn1)S(=O)(=O)c1cc2cc(F)ccc2o1. The number of benzene rings is 1. The number of rotatable bonds is 8. The van der Waals surface area contributed by atoms with Crippen LogP contribution in [0, 0.1) is 5.82 Å². The summed E-state index contributed by atoms with van der Waals surface area (Å²) in [6.07, 6.45) is -2.66. The third-order valence-electron chi connectivity index (χ3n) is 5.66. The van der Waals surface area contributed by atoms with E-state index in [-0.39, 0.29) is 35.4 Å². The lowest BCUT2D eigenvalue weighted by molar-refractivity contribution is -0.137. The molecular weight excluding hydrogens is 530 g/mol. The topological polar surface area (TPSA) is 118 Å². The number of fused-ring (bicyclic) bond motifs is 1. The zero-order valence-corrected chi connectivity index (χ0v) is 20.8. The molecule has 0 fully saturated rings. The van der Waals surface area contributed by atoms with Crippen LogP contribution >= 0.6 is 0 Å². The number of carbonyl (C=O) groups is 1. The molecule has 38 heavy (non-hydrogen) atoms. The number of aromatic nitrogens is 3. The molecule has 4 rings (SSSR count). The fourth-order valence-corrected chi connectivity index (χ4v) is 5.24. The number of amides is 1. The highest BCUT2D eigenvalue weighted by molar-refractivity contribution is 7.89. The van der Waals surface area contributed by atoms with Crippen molar-refractivity contribution in [2.24, 2.45) is 0 Å². The predicted molar refractivity (Wildman–Crippen MR) is 127 cm³/mol. The van der Waals surface area contributed by atoms with Crippen molar-refractivity contribution in [1.82, 2.24) is 24.6 Å². The molecule has 0 unspecified atom stereocenters. The zero-order chi connectivity index (χ0) is 27.7. The van der Waals surface area contributed by atoms with Gasteiger partial charge in [-0.3, -0.25) is 9.78 Å². The van der Waals surface area contributed by atoms with Gasteiger partial charge < -0.3 is 9.73 Å². The Kier molecular flexibility index (Phi) is 7.47. The van der Waals surface area contributed by atoms with Gasteiger partial charge in [0.1, 0.15) is 23.8 Å². The molecule has 4 aromatic rings. The van der Waals surface area contributed by atoms with Gasteiger partial charge in [-0.1, -0.05) is 6.92 Å². The number of furan rings is 1. The number of carbonyl (C=O) groups excluding carboxylic acids is 1. The molecule has 3 aromatic heterocycles. The molecule has 1 amide bonds. The minimum absolute atomic E-state index is 0.0560. The van der Waals surface area contributed by atoms with E-state index in [0.717, 1.165) is 22.5 Å². The Morgan fingerprint density at radius 3 is 2.50 bits per heavy atom. The summed E-state index contributed by atoms with van der Waals surface area (Å²) in [5.74, 6) is -1.19. The van der Waals surface area contributed by atoms with Gasteiger partial charge in [-0.15, -0.1) is 0 Å². The number of likely N-dealkylation sites (N-methyl/N-ethyl adjacent to an activating group) is 1. The van der Waals surface area contributed by atoms with E-state index < -0.39 is 44.6 Å². The van der Waals surface area contributed by atoms with Crippen molar-refractivity contribution in [3.05, 3.63) is 72.1 Å². The van der Waals surface area contributed by atoms with Crippen LogP contribution in [0.15, 0.2) is 64.5 Å². The Morgan fingerprint density at radius 2 is 1.84 bits per heavy atom. The molecule has 0 bridgehead atoms. The van der Waals surface area contributed by atoms with Crippen LogP contribution in [0.3, 0.4) is 0 Å². The zero-order valence-electron chi connectivity index (χ0n) is 20.0. The molecule has 14 heteroatoms. The van der Waals surface area contributed by atoms with E-state index in [1.54, 1.807) is 6.92 Å². The van der Waals surface area contributed by atoms with Gasteiger partial charge in [0.15, 0.2) is 0 Å². The van der Waals surface area contributed by atoms with Crippen LogP contribution in [-0.2, 0) is 27.5 Å². The van der Waals surface area contributed by atoms with Crippen molar-refractivity contribution in [1.29, 1.82) is 0 Å². The molecule has 9 nitrogen and oxygen atoms in total. The van der Waals surface area contributed by atoms with Crippen LogP contribution in [0.1, 0.15) is 25.1 Å². The third kappa shape index (κ3) is 5.65. The maximum atomic E-state index is 13.5. The van der Waals surface area contributed by atoms with Crippen molar-refractivity contribution in [2.75, 3.05) is 6.54 Å². The Bertz CT molecular complexity index is 1570. The van der Waals surface area contributed by atoms with E-state index in [1.807, 2.05) is 0 Å². The quantitative estimate of drug-likeness (QED) is 0.327. The first-order valence-electron chi connectivity index (χ1n) is 11.2. The van der Waals surface area contributed by atoms with E-state index in [1.165, 1.54) is 37.5 Å². The molecule has 0 aliphatic carbocycles. The number of nitrogens with one attached hydrogen (secondary N) is 1. The minimum atomic E-state index is -4.52. The van der Waals surface area contributed by atoms with E-state index >= 15 is 0 Å². The summed E-state index contributed by atoms with van der Waals surface area (Å²) < 4.78 is 84.5. The van der Waals surface area contributed by atoms with Gasteiger partial charge in [0.2, 0.25) is 11.0 Å². The molecule has 0 aliphatic rings. The summed E-state index contributed by atoms with van der Waals surface area (Å²) in [4.78, 5) is 24.7. The Hall–Kier alpha value is -3.91. The summed E-state index contributed by atoms with van der Waals surface area (Å²) in [7, 11) is -4.24. The largest absolute Gasteiger partial charge is 0.443 e. The molecule has 1 N–H and O–H groups in total. The van der Waals surface area contributed by atoms with Crippen LogP contribution < -0.4 is 5.32 Å². The lowest BCUT2D eigenvalue weighted by Crippen LogP contribution is -2.47. The van der Waals surface area contributed by atoms with E-state index in [2.05, 4.69) is 20.3 Å². The molecule has 0 radical (unpaired) electrons. The molecule has 1 aromatic carbocycles. The van der Waals surface area contributed by atoms with Crippen LogP contribution in [-0.4, -0.2) is 46.2 Å². The summed E-state index contributed by atoms with van der Waals surface area (Å²) in [6, 6.07) is 7.14. The van der Waals surface area contributed by atoms with Gasteiger partial charge in [0.05, 0.1) is 29.2 Å². The molecule has 1 atom stereocenters. The smallest absolute Gasteiger partial charge is 0.417 e. The number of halogens is 4. The Labute approximate surface area is 214 Å². The highest BCUT2D eigenvalue weighted by Crippen LogP contribution is 2.30. The van der Waals surface area contributed by atoms with E-state index in [9.17, 15) is 30.8 Å². The number of sulfonamides is 1. The van der Waals surface area contributed by atoms with Gasteiger partial charge in [-0.2, -0.15) is 17.5 Å². The first-order chi connectivity index (χ1) is 17.9. The van der Waals surface area contributed by atoms with Gasteiger partial charge in [-0.25, -0.2) is 22.8 Å². The lowest BCUT2D eigenvalue weighted by atomic mass is 10.2. The lowest BCUT2D eigenvalue weighted by Gasteiger charge is -2.25. The standard InChI is InChI=1S/C24H21F4N5O4S/c1-3-33(38(35,36)22-9-15-8-17(25)5-7-21(15)37-22)14(2)23(34)30-12-18-10-20(32-13-31-18)19-6-4-16(11-29-19)24(26,27)28/h4-11,13-14H,3,12H2,1-2H3,(H,30,34)/t14-/m0/s1. The van der Waals surface area contributed by atoms with Gasteiger partial charge in [-0.05, 0) is 43.3 Å². The number of hydrogen-bond acceptors (Lipinski definition) is 7. The molecule has 0 saturated carbocycles. The average molecular weight is 552 g/mol. The highest BCUT2D eigenvalue weighted by atomic mass is 32.2. The van der Waals surface area contributed by atoms with E-state index in [0.29, 0.717) is 11.9 Å². The van der Waals surface area contributed by atoms with Crippen molar-refractivity contribution < 1.29 is 35.2 Å². The molecule has 3 heterocycles. The van der Waals surface area contributed by atoms with Gasteiger partial charge in [0, 0.05) is 24.2 Å². The summed E-state index contributed by atoms with van der Waals surface area (Å²) in [5, 5.41) is 2.43. The van der Waals surface area contributed by atoms with E-state index in [4.69, 9.17) is 4.42 Å². The van der Waals surface area contributed by atoms with Gasteiger partial charge >= 0.3 is 6.18 Å². The number of pyridine rings is 1. The summed E-state index contributed by atoms with van der Waals surface area (Å²) in [6.45, 7) is 2.79. The van der Waals surface area contributed by atoms with Crippen LogP contribution in [0.2, 0.25) is 0 Å². The van der Waals surface area contributed by atoms with Crippen LogP contribution in [0.4, 0.5) is 17.6 Å². The third-order valence-corrected chi connectivity index (χ3v) is 7.56. The predicted octanol–water partition coefficient (Wildman–Crippen LogP) is 4.16. The van der Waals surface area contributed by atoms with Gasteiger partial charge in [0.25, 0.3) is 10.0 Å². The minimum Gasteiger partial charge on any atom is -0.443 e. The Morgan fingerprint density at radius 1 is 1.08 bits per heavy atom. The molecule has 0 saturated heterocycles. The maximum Gasteiger partial charge on any atom is 0.417 e. The fraction of sp³-hybridized carbons (Fsp3) is 0.250.